The van der Waals surface area contributed by atoms with Crippen LogP contribution in [0.5, 0.6) is 0 Å². The molecule has 0 spiro atoms. The molecular formula is C11H16O. The standard InChI is InChI=1S/C11H16O/c1-8-5-6-11(2)9(7-8)3-4-10(11)12/h5,7,10,12H,3-4,6H2,1-2H3. The Bertz CT molecular complexity index is 262. The summed E-state index contributed by atoms with van der Waals surface area (Å²) in [5.41, 5.74) is 2.88. The summed E-state index contributed by atoms with van der Waals surface area (Å²) in [6.07, 6.45) is 7.42. The molecule has 0 aliphatic heterocycles. The Hall–Kier alpha value is -0.560. The van der Waals surface area contributed by atoms with Gasteiger partial charge in [-0.3, -0.25) is 0 Å². The van der Waals surface area contributed by atoms with E-state index in [1.807, 2.05) is 0 Å². The summed E-state index contributed by atoms with van der Waals surface area (Å²) < 4.78 is 0. The van der Waals surface area contributed by atoms with Crippen LogP contribution in [0.2, 0.25) is 0 Å². The molecule has 0 aromatic rings. The van der Waals surface area contributed by atoms with Gasteiger partial charge in [-0.1, -0.05) is 30.2 Å². The van der Waals surface area contributed by atoms with E-state index in [0.717, 1.165) is 19.3 Å². The number of hydrogen-bond donors (Lipinski definition) is 1. The van der Waals surface area contributed by atoms with Crippen LogP contribution in [0.3, 0.4) is 0 Å². The molecule has 0 heterocycles. The van der Waals surface area contributed by atoms with Gasteiger partial charge in [-0.2, -0.15) is 0 Å². The first kappa shape index (κ1) is 8.06. The molecule has 1 nitrogen and oxygen atoms in total. The van der Waals surface area contributed by atoms with Crippen molar-refractivity contribution in [3.8, 4) is 0 Å². The molecule has 2 atom stereocenters. The smallest absolute Gasteiger partial charge is 0.0637 e. The van der Waals surface area contributed by atoms with Gasteiger partial charge in [-0.05, 0) is 26.2 Å². The molecule has 66 valence electrons. The lowest BCUT2D eigenvalue weighted by Gasteiger charge is -2.31. The summed E-state index contributed by atoms with van der Waals surface area (Å²) in [5.74, 6) is 0. The monoisotopic (exact) mass is 164 g/mol. The number of aliphatic hydroxyl groups is 1. The maximum Gasteiger partial charge on any atom is 0.0637 e. The van der Waals surface area contributed by atoms with E-state index in [9.17, 15) is 5.11 Å². The van der Waals surface area contributed by atoms with Gasteiger partial charge in [0.05, 0.1) is 6.10 Å². The van der Waals surface area contributed by atoms with Crippen LogP contribution >= 0.6 is 0 Å². The highest BCUT2D eigenvalue weighted by Crippen LogP contribution is 2.48. The van der Waals surface area contributed by atoms with Crippen LogP contribution in [-0.2, 0) is 0 Å². The molecule has 2 rings (SSSR count). The van der Waals surface area contributed by atoms with Gasteiger partial charge in [-0.15, -0.1) is 0 Å². The van der Waals surface area contributed by atoms with Gasteiger partial charge in [0.2, 0.25) is 0 Å². The average Bonchev–Trinajstić information content (AvgIpc) is 2.31. The summed E-state index contributed by atoms with van der Waals surface area (Å²) in [4.78, 5) is 0. The Morgan fingerprint density at radius 3 is 3.08 bits per heavy atom. The molecule has 0 amide bonds. The maximum absolute atomic E-state index is 9.80. The van der Waals surface area contributed by atoms with Gasteiger partial charge < -0.3 is 5.11 Å². The lowest BCUT2D eigenvalue weighted by atomic mass is 9.76. The Morgan fingerprint density at radius 2 is 2.33 bits per heavy atom. The molecule has 0 saturated heterocycles. The molecule has 1 saturated carbocycles. The predicted octanol–water partition coefficient (Wildman–Crippen LogP) is 2.42. The first-order valence-electron chi connectivity index (χ1n) is 4.69. The third kappa shape index (κ3) is 0.962. The van der Waals surface area contributed by atoms with E-state index >= 15 is 0 Å². The number of rotatable bonds is 0. The lowest BCUT2D eigenvalue weighted by Crippen LogP contribution is -2.28. The van der Waals surface area contributed by atoms with Crippen LogP contribution in [-0.4, -0.2) is 11.2 Å². The zero-order valence-electron chi connectivity index (χ0n) is 7.80. The van der Waals surface area contributed by atoms with Crippen molar-refractivity contribution in [2.24, 2.45) is 5.41 Å². The second-order valence-corrected chi connectivity index (χ2v) is 4.29. The van der Waals surface area contributed by atoms with Crippen molar-refractivity contribution in [3.63, 3.8) is 0 Å². The molecule has 0 aromatic heterocycles. The molecular weight excluding hydrogens is 148 g/mol. The van der Waals surface area contributed by atoms with Gasteiger partial charge in [0.25, 0.3) is 0 Å². The number of aliphatic hydroxyl groups excluding tert-OH is 1. The summed E-state index contributed by atoms with van der Waals surface area (Å²) in [5, 5.41) is 9.80. The Balaban J connectivity index is 2.36. The third-order valence-corrected chi connectivity index (χ3v) is 3.41. The van der Waals surface area contributed by atoms with Gasteiger partial charge in [0.1, 0.15) is 0 Å². The highest BCUT2D eigenvalue weighted by Gasteiger charge is 2.41. The van der Waals surface area contributed by atoms with E-state index in [0.29, 0.717) is 0 Å². The summed E-state index contributed by atoms with van der Waals surface area (Å²) in [7, 11) is 0. The second kappa shape index (κ2) is 2.46. The molecule has 2 aliphatic rings. The molecule has 2 aliphatic carbocycles. The maximum atomic E-state index is 9.80. The molecule has 1 fully saturated rings. The van der Waals surface area contributed by atoms with Gasteiger partial charge in [0.15, 0.2) is 0 Å². The Morgan fingerprint density at radius 1 is 1.58 bits per heavy atom. The minimum atomic E-state index is -0.118. The van der Waals surface area contributed by atoms with Crippen molar-refractivity contribution in [1.29, 1.82) is 0 Å². The fourth-order valence-corrected chi connectivity index (χ4v) is 2.32. The Kier molecular flexibility index (Phi) is 1.65. The first-order chi connectivity index (χ1) is 5.63. The first-order valence-corrected chi connectivity index (χ1v) is 4.69. The summed E-state index contributed by atoms with van der Waals surface area (Å²) in [6.45, 7) is 4.32. The van der Waals surface area contributed by atoms with Crippen LogP contribution in [0.1, 0.15) is 33.1 Å². The van der Waals surface area contributed by atoms with Crippen LogP contribution < -0.4 is 0 Å². The summed E-state index contributed by atoms with van der Waals surface area (Å²) >= 11 is 0. The molecule has 1 N–H and O–H groups in total. The van der Waals surface area contributed by atoms with Crippen molar-refractivity contribution in [2.75, 3.05) is 0 Å². The van der Waals surface area contributed by atoms with E-state index in [4.69, 9.17) is 0 Å². The van der Waals surface area contributed by atoms with Crippen molar-refractivity contribution in [1.82, 2.24) is 0 Å². The SMILES string of the molecule is CC1=CCC2(C)C(=C1)CCC2O. The van der Waals surface area contributed by atoms with Crippen molar-refractivity contribution in [2.45, 2.75) is 39.2 Å². The van der Waals surface area contributed by atoms with E-state index in [-0.39, 0.29) is 11.5 Å². The second-order valence-electron chi connectivity index (χ2n) is 4.29. The minimum Gasteiger partial charge on any atom is -0.392 e. The predicted molar refractivity (Wildman–Crippen MR) is 49.8 cm³/mol. The van der Waals surface area contributed by atoms with Crippen molar-refractivity contribution >= 4 is 0 Å². The minimum absolute atomic E-state index is 0.0690. The fraction of sp³-hybridized carbons (Fsp3) is 0.636. The van der Waals surface area contributed by atoms with Crippen molar-refractivity contribution in [3.05, 3.63) is 23.3 Å². The van der Waals surface area contributed by atoms with Gasteiger partial charge >= 0.3 is 0 Å². The molecule has 2 unspecified atom stereocenters. The van der Waals surface area contributed by atoms with E-state index < -0.39 is 0 Å². The number of fused-ring (bicyclic) bond motifs is 1. The molecule has 0 bridgehead atoms. The topological polar surface area (TPSA) is 20.2 Å². The summed E-state index contributed by atoms with van der Waals surface area (Å²) in [6, 6.07) is 0. The molecule has 0 aromatic carbocycles. The zero-order valence-corrected chi connectivity index (χ0v) is 7.80. The van der Waals surface area contributed by atoms with E-state index in [2.05, 4.69) is 26.0 Å². The fourth-order valence-electron chi connectivity index (χ4n) is 2.32. The highest BCUT2D eigenvalue weighted by molar-refractivity contribution is 5.35. The van der Waals surface area contributed by atoms with E-state index in [1.54, 1.807) is 0 Å². The molecule has 12 heavy (non-hydrogen) atoms. The van der Waals surface area contributed by atoms with Crippen LogP contribution in [0.4, 0.5) is 0 Å². The lowest BCUT2D eigenvalue weighted by molar-refractivity contribution is 0.0849. The van der Waals surface area contributed by atoms with Crippen molar-refractivity contribution < 1.29 is 5.11 Å². The quantitative estimate of drug-likeness (QED) is 0.583. The third-order valence-electron chi connectivity index (χ3n) is 3.41. The van der Waals surface area contributed by atoms with Crippen LogP contribution in [0, 0.1) is 5.41 Å². The number of allylic oxidation sites excluding steroid dienone is 3. The largest absolute Gasteiger partial charge is 0.392 e. The molecule has 1 heteroatoms. The highest BCUT2D eigenvalue weighted by atomic mass is 16.3. The normalized spacial score (nSPS) is 40.4. The van der Waals surface area contributed by atoms with Crippen LogP contribution in [0.15, 0.2) is 23.3 Å². The average molecular weight is 164 g/mol. The van der Waals surface area contributed by atoms with E-state index in [1.165, 1.54) is 11.1 Å². The van der Waals surface area contributed by atoms with Gasteiger partial charge in [0, 0.05) is 5.41 Å². The van der Waals surface area contributed by atoms with Gasteiger partial charge in [-0.25, -0.2) is 0 Å². The Labute approximate surface area is 73.8 Å². The molecule has 0 radical (unpaired) electrons. The van der Waals surface area contributed by atoms with Crippen LogP contribution in [0.25, 0.3) is 0 Å². The number of hydrogen-bond acceptors (Lipinski definition) is 1. The zero-order chi connectivity index (χ0) is 8.77.